The molecule has 4 aromatic rings. The van der Waals surface area contributed by atoms with Crippen LogP contribution in [0.4, 0.5) is 22.7 Å². The van der Waals surface area contributed by atoms with E-state index in [1.54, 1.807) is 19.3 Å². The molecule has 66 heavy (non-hydrogen) atoms. The Labute approximate surface area is 387 Å². The lowest BCUT2D eigenvalue weighted by molar-refractivity contribution is 0.0939. The number of hydrogen-bond donors (Lipinski definition) is 4. The summed E-state index contributed by atoms with van der Waals surface area (Å²) in [6.07, 6.45) is 12.6. The first-order valence-corrected chi connectivity index (χ1v) is 24.4. The highest BCUT2D eigenvalue weighted by atomic mass is 16.2. The van der Waals surface area contributed by atoms with E-state index in [2.05, 4.69) is 86.2 Å². The smallest absolute Gasteiger partial charge is 0.269 e. The molecule has 10 rings (SSSR count). The summed E-state index contributed by atoms with van der Waals surface area (Å²) in [6.45, 7) is 9.76. The second-order valence-electron chi connectivity index (χ2n) is 19.8. The lowest BCUT2D eigenvalue weighted by atomic mass is 9.92. The van der Waals surface area contributed by atoms with Crippen molar-refractivity contribution in [1.29, 1.82) is 0 Å². The molecule has 2 amide bonds. The number of carbonyl (C=O) groups is 2. The van der Waals surface area contributed by atoms with Crippen LogP contribution in [0.5, 0.6) is 0 Å². The molecule has 2 saturated heterocycles. The van der Waals surface area contributed by atoms with Crippen LogP contribution >= 0.6 is 0 Å². The standard InChI is InChI=1S/C50H66N12O4/c1-51-49(65)41-12-10-37(29-52-41)61-19-15-60(16-20-61)36-9-7-34(25-36)44-27-46-40(48(64)56-44)23-32(31-58(46)3)28-54-50(66)42-13-11-38(30-53-42)62-21-17-59(18-22-62)35-8-6-33(24-35)43-26-45-39(47(63)55-43)5-4-14-57(45)2/h10-13,26-27,29-30,32-36H,4-9,14-25,28,31H2,1-3H3,(H,51,65)(H,54,66)(H,55,63)(H,56,64)/t32?,33?,34-,35?,36+/m1/s1. The summed E-state index contributed by atoms with van der Waals surface area (Å²) in [4.78, 5) is 81.6. The Bertz CT molecular complexity index is 2510. The van der Waals surface area contributed by atoms with E-state index >= 15 is 0 Å². The van der Waals surface area contributed by atoms with Crippen molar-refractivity contribution in [1.82, 2.24) is 40.4 Å². The van der Waals surface area contributed by atoms with Crippen molar-refractivity contribution in [3.63, 3.8) is 0 Å². The van der Waals surface area contributed by atoms with Crippen molar-refractivity contribution in [2.45, 2.75) is 81.7 Å². The van der Waals surface area contributed by atoms with Crippen LogP contribution in [0.2, 0.25) is 0 Å². The molecule has 0 aromatic carbocycles. The quantitative estimate of drug-likeness (QED) is 0.183. The van der Waals surface area contributed by atoms with E-state index in [0.29, 0.717) is 48.3 Å². The molecule has 0 radical (unpaired) electrons. The largest absolute Gasteiger partial charge is 0.374 e. The second kappa shape index (κ2) is 18.9. The number of pyridine rings is 4. The summed E-state index contributed by atoms with van der Waals surface area (Å²) in [7, 11) is 5.76. The summed E-state index contributed by atoms with van der Waals surface area (Å²) in [5, 5.41) is 5.74. The molecule has 8 heterocycles. The monoisotopic (exact) mass is 899 g/mol. The van der Waals surface area contributed by atoms with Crippen LogP contribution < -0.4 is 41.4 Å². The number of aromatic amines is 2. The fraction of sp³-hybridized carbons (Fsp3) is 0.560. The molecule has 350 valence electrons. The lowest BCUT2D eigenvalue weighted by Crippen LogP contribution is -2.49. The van der Waals surface area contributed by atoms with Gasteiger partial charge in [-0.1, -0.05) is 0 Å². The van der Waals surface area contributed by atoms with E-state index in [1.165, 1.54) is 0 Å². The van der Waals surface area contributed by atoms with Crippen LogP contribution in [0.15, 0.2) is 58.4 Å². The molecular formula is C50H66N12O4. The number of H-pyrrole nitrogens is 2. The van der Waals surface area contributed by atoms with E-state index in [-0.39, 0.29) is 28.9 Å². The van der Waals surface area contributed by atoms with E-state index < -0.39 is 0 Å². The zero-order valence-electron chi connectivity index (χ0n) is 38.9. The Balaban J connectivity index is 0.671. The van der Waals surface area contributed by atoms with Crippen molar-refractivity contribution >= 4 is 34.6 Å². The molecule has 5 atom stereocenters. The predicted octanol–water partition coefficient (Wildman–Crippen LogP) is 3.55. The molecule has 6 aliphatic rings. The van der Waals surface area contributed by atoms with E-state index in [0.717, 1.165) is 162 Å². The normalized spacial score (nSPS) is 24.9. The van der Waals surface area contributed by atoms with Gasteiger partial charge in [0.2, 0.25) is 0 Å². The van der Waals surface area contributed by atoms with Gasteiger partial charge in [-0.05, 0) is 100 Å². The number of piperazine rings is 2. The maximum atomic E-state index is 13.7. The summed E-state index contributed by atoms with van der Waals surface area (Å²) in [6, 6.07) is 13.1. The van der Waals surface area contributed by atoms with E-state index in [9.17, 15) is 19.2 Å². The number of nitrogens with zero attached hydrogens (tertiary/aromatic N) is 8. The van der Waals surface area contributed by atoms with Gasteiger partial charge >= 0.3 is 0 Å². The van der Waals surface area contributed by atoms with Crippen LogP contribution in [-0.4, -0.2) is 147 Å². The maximum absolute atomic E-state index is 13.7. The van der Waals surface area contributed by atoms with Gasteiger partial charge in [-0.2, -0.15) is 0 Å². The van der Waals surface area contributed by atoms with Crippen molar-refractivity contribution in [3.05, 3.63) is 103 Å². The molecular weight excluding hydrogens is 833 g/mol. The van der Waals surface area contributed by atoms with Gasteiger partial charge < -0.3 is 40.2 Å². The van der Waals surface area contributed by atoms with Gasteiger partial charge in [0.1, 0.15) is 11.4 Å². The van der Waals surface area contributed by atoms with Gasteiger partial charge in [-0.25, -0.2) is 9.97 Å². The molecule has 4 aliphatic heterocycles. The summed E-state index contributed by atoms with van der Waals surface area (Å²) >= 11 is 0. The fourth-order valence-electron chi connectivity index (χ4n) is 12.0. The van der Waals surface area contributed by atoms with Gasteiger partial charge in [0.15, 0.2) is 0 Å². The molecule has 4 aromatic heterocycles. The van der Waals surface area contributed by atoms with Crippen LogP contribution in [0.25, 0.3) is 0 Å². The predicted molar refractivity (Wildman–Crippen MR) is 259 cm³/mol. The maximum Gasteiger partial charge on any atom is 0.269 e. The highest BCUT2D eigenvalue weighted by Crippen LogP contribution is 2.40. The number of aromatic nitrogens is 4. The topological polar surface area (TPSA) is 169 Å². The summed E-state index contributed by atoms with van der Waals surface area (Å²) < 4.78 is 0. The minimum atomic E-state index is -0.197. The average molecular weight is 899 g/mol. The third kappa shape index (κ3) is 9.05. The number of nitrogens with one attached hydrogen (secondary N) is 4. The molecule has 4 N–H and O–H groups in total. The van der Waals surface area contributed by atoms with Gasteiger partial charge in [-0.15, -0.1) is 0 Å². The van der Waals surface area contributed by atoms with Gasteiger partial charge in [0, 0.05) is 151 Å². The third-order valence-corrected chi connectivity index (χ3v) is 15.9. The molecule has 0 spiro atoms. The van der Waals surface area contributed by atoms with Crippen LogP contribution in [0, 0.1) is 5.92 Å². The molecule has 2 aliphatic carbocycles. The average Bonchev–Trinajstić information content (AvgIpc) is 4.06. The number of hydrogen-bond acceptors (Lipinski definition) is 12. The molecule has 2 saturated carbocycles. The Morgan fingerprint density at radius 3 is 1.73 bits per heavy atom. The Hall–Kier alpha value is -5.74. The molecule has 4 fully saturated rings. The van der Waals surface area contributed by atoms with Crippen molar-refractivity contribution in [2.75, 3.05) is 113 Å². The summed E-state index contributed by atoms with van der Waals surface area (Å²) in [5.41, 5.74) is 8.97. The highest BCUT2D eigenvalue weighted by Gasteiger charge is 2.36. The first-order chi connectivity index (χ1) is 32.1. The molecule has 16 nitrogen and oxygen atoms in total. The molecule has 16 heteroatoms. The number of rotatable bonds is 10. The first kappa shape index (κ1) is 44.1. The van der Waals surface area contributed by atoms with Crippen LogP contribution in [0.1, 0.15) is 100 Å². The zero-order chi connectivity index (χ0) is 45.5. The van der Waals surface area contributed by atoms with Gasteiger partial charge in [0.05, 0.1) is 23.8 Å². The van der Waals surface area contributed by atoms with Gasteiger partial charge in [0.25, 0.3) is 22.9 Å². The van der Waals surface area contributed by atoms with Gasteiger partial charge in [-0.3, -0.25) is 29.0 Å². The number of fused-ring (bicyclic) bond motifs is 2. The van der Waals surface area contributed by atoms with E-state index in [4.69, 9.17) is 0 Å². The number of carbonyl (C=O) groups excluding carboxylic acids is 2. The molecule has 0 bridgehead atoms. The third-order valence-electron chi connectivity index (χ3n) is 15.9. The lowest BCUT2D eigenvalue weighted by Gasteiger charge is -2.39. The minimum absolute atomic E-state index is 0.0140. The second-order valence-corrected chi connectivity index (χ2v) is 19.8. The SMILES string of the molecule is CNC(=O)c1ccc(N2CCN([C@H]3CC[C@@H](c4cc5c(c(=O)[nH]4)CC(CNC(=O)c4ccc(N6CCN(C7CCC(c8cc9c(c(=O)[nH]8)CCCN9C)C7)CC6)cn4)CN5C)C3)CC2)cn1. The number of amides is 2. The fourth-order valence-corrected chi connectivity index (χ4v) is 12.0. The van der Waals surface area contributed by atoms with Crippen LogP contribution in [-0.2, 0) is 12.8 Å². The minimum Gasteiger partial charge on any atom is -0.374 e. The Kier molecular flexibility index (Phi) is 12.6. The molecule has 3 unspecified atom stereocenters. The van der Waals surface area contributed by atoms with Crippen molar-refractivity contribution in [2.24, 2.45) is 5.92 Å². The Morgan fingerprint density at radius 1 is 0.667 bits per heavy atom. The highest BCUT2D eigenvalue weighted by molar-refractivity contribution is 5.92. The van der Waals surface area contributed by atoms with Crippen molar-refractivity contribution in [3.8, 4) is 0 Å². The number of anilines is 4. The zero-order valence-corrected chi connectivity index (χ0v) is 38.9. The summed E-state index contributed by atoms with van der Waals surface area (Å²) in [5.74, 6) is 0.430. The van der Waals surface area contributed by atoms with Crippen LogP contribution in [0.3, 0.4) is 0 Å². The Morgan fingerprint density at radius 2 is 1.20 bits per heavy atom. The first-order valence-electron chi connectivity index (χ1n) is 24.4. The van der Waals surface area contributed by atoms with Crippen molar-refractivity contribution < 1.29 is 9.59 Å². The van der Waals surface area contributed by atoms with E-state index in [1.807, 2.05) is 24.4 Å².